The number of pyridine rings is 1. The Kier molecular flexibility index (Phi) is 2.13. The van der Waals surface area contributed by atoms with Crippen LogP contribution in [0.15, 0.2) is 23.3 Å². The van der Waals surface area contributed by atoms with Gasteiger partial charge in [0.25, 0.3) is 0 Å². The molecule has 7 heteroatoms. The van der Waals surface area contributed by atoms with Crippen molar-refractivity contribution in [1.82, 2.24) is 19.9 Å². The second-order valence-corrected chi connectivity index (χ2v) is 2.72. The molecule has 2 aromatic rings. The van der Waals surface area contributed by atoms with Crippen molar-refractivity contribution < 1.29 is 4.39 Å². The Morgan fingerprint density at radius 2 is 2.20 bits per heavy atom. The number of aromatic nitrogens is 4. The quantitative estimate of drug-likeness (QED) is 0.683. The van der Waals surface area contributed by atoms with E-state index in [1.165, 1.54) is 12.3 Å². The van der Waals surface area contributed by atoms with Crippen molar-refractivity contribution in [3.8, 4) is 11.4 Å². The minimum Gasteiger partial charge on any atom is -0.368 e. The third-order valence-corrected chi connectivity index (χ3v) is 1.70. The van der Waals surface area contributed by atoms with E-state index in [0.717, 1.165) is 6.20 Å². The monoisotopic (exact) mass is 207 g/mol. The molecule has 0 aromatic carbocycles. The molecule has 0 saturated heterocycles. The normalized spacial score (nSPS) is 10.2. The highest BCUT2D eigenvalue weighted by Gasteiger charge is 2.08. The summed E-state index contributed by atoms with van der Waals surface area (Å²) in [4.78, 5) is 23.8. The minimum absolute atomic E-state index is 0.0346. The van der Waals surface area contributed by atoms with Gasteiger partial charge >= 0.3 is 5.69 Å². The standard InChI is InChI=1S/C8H6FN5O/c9-5-3-11-2-1-4(5)6-12-7(10)14-8(15)13-6/h1-3H,(H3,10,12,13,14,15). The summed E-state index contributed by atoms with van der Waals surface area (Å²) >= 11 is 0. The van der Waals surface area contributed by atoms with E-state index in [4.69, 9.17) is 5.73 Å². The van der Waals surface area contributed by atoms with Crippen LogP contribution in [0.3, 0.4) is 0 Å². The van der Waals surface area contributed by atoms with E-state index in [2.05, 4.69) is 19.9 Å². The molecule has 6 nitrogen and oxygen atoms in total. The van der Waals surface area contributed by atoms with E-state index in [-0.39, 0.29) is 17.3 Å². The van der Waals surface area contributed by atoms with Gasteiger partial charge < -0.3 is 5.73 Å². The second-order valence-electron chi connectivity index (χ2n) is 2.72. The molecule has 0 saturated carbocycles. The molecule has 76 valence electrons. The van der Waals surface area contributed by atoms with Gasteiger partial charge in [0.15, 0.2) is 5.82 Å². The molecule has 0 atom stereocenters. The zero-order valence-corrected chi connectivity index (χ0v) is 7.44. The van der Waals surface area contributed by atoms with E-state index in [0.29, 0.717) is 0 Å². The lowest BCUT2D eigenvalue weighted by Crippen LogP contribution is -2.15. The topological polar surface area (TPSA) is 97.5 Å². The van der Waals surface area contributed by atoms with Crippen molar-refractivity contribution in [2.75, 3.05) is 5.73 Å². The number of halogens is 1. The average molecular weight is 207 g/mol. The summed E-state index contributed by atoms with van der Waals surface area (Å²) in [5.74, 6) is -0.761. The number of hydrogen-bond donors (Lipinski definition) is 2. The summed E-state index contributed by atoms with van der Waals surface area (Å²) in [6, 6.07) is 1.38. The predicted octanol–water partition coefficient (Wildman–Crippen LogP) is -0.0518. The van der Waals surface area contributed by atoms with Crippen LogP contribution < -0.4 is 11.4 Å². The largest absolute Gasteiger partial charge is 0.368 e. The Hall–Kier alpha value is -2.31. The Bertz CT molecular complexity index is 553. The van der Waals surface area contributed by atoms with Gasteiger partial charge in [-0.15, -0.1) is 0 Å². The highest BCUT2D eigenvalue weighted by molar-refractivity contribution is 5.55. The van der Waals surface area contributed by atoms with E-state index in [1.54, 1.807) is 0 Å². The first-order valence-electron chi connectivity index (χ1n) is 4.00. The van der Waals surface area contributed by atoms with Crippen LogP contribution in [0, 0.1) is 5.82 Å². The van der Waals surface area contributed by atoms with Crippen molar-refractivity contribution in [2.45, 2.75) is 0 Å². The van der Waals surface area contributed by atoms with Crippen LogP contribution in [0.5, 0.6) is 0 Å². The van der Waals surface area contributed by atoms with Gasteiger partial charge in [0.05, 0.1) is 11.8 Å². The maximum Gasteiger partial charge on any atom is 0.349 e. The SMILES string of the molecule is Nc1nc(-c2ccncc2F)[nH]c(=O)n1. The van der Waals surface area contributed by atoms with Gasteiger partial charge in [-0.05, 0) is 6.07 Å². The van der Waals surface area contributed by atoms with Crippen LogP contribution in [-0.4, -0.2) is 19.9 Å². The zero-order chi connectivity index (χ0) is 10.8. The average Bonchev–Trinajstić information content (AvgIpc) is 2.16. The van der Waals surface area contributed by atoms with Gasteiger partial charge in [0.1, 0.15) is 5.82 Å². The van der Waals surface area contributed by atoms with E-state index < -0.39 is 11.5 Å². The molecule has 3 N–H and O–H groups in total. The lowest BCUT2D eigenvalue weighted by Gasteiger charge is -2.01. The highest BCUT2D eigenvalue weighted by Crippen LogP contribution is 2.15. The van der Waals surface area contributed by atoms with Gasteiger partial charge in [0, 0.05) is 6.20 Å². The molecule has 0 fully saturated rings. The Morgan fingerprint density at radius 3 is 2.87 bits per heavy atom. The molecule has 0 bridgehead atoms. The summed E-state index contributed by atoms with van der Waals surface area (Å²) in [6.07, 6.45) is 2.40. The van der Waals surface area contributed by atoms with Crippen LogP contribution in [0.4, 0.5) is 10.3 Å². The zero-order valence-electron chi connectivity index (χ0n) is 7.44. The fourth-order valence-corrected chi connectivity index (χ4v) is 1.10. The third kappa shape index (κ3) is 1.80. The Balaban J connectivity index is 2.64. The number of anilines is 1. The van der Waals surface area contributed by atoms with Gasteiger partial charge in [-0.25, -0.2) is 9.18 Å². The second kappa shape index (κ2) is 3.45. The highest BCUT2D eigenvalue weighted by atomic mass is 19.1. The molecule has 0 unspecified atom stereocenters. The molecule has 0 radical (unpaired) electrons. The predicted molar refractivity (Wildman–Crippen MR) is 50.3 cm³/mol. The summed E-state index contributed by atoms with van der Waals surface area (Å²) in [5.41, 5.74) is 4.72. The molecule has 0 amide bonds. The van der Waals surface area contributed by atoms with Crippen molar-refractivity contribution in [3.63, 3.8) is 0 Å². The van der Waals surface area contributed by atoms with E-state index in [1.807, 2.05) is 0 Å². The number of nitrogens with zero attached hydrogens (tertiary/aromatic N) is 3. The van der Waals surface area contributed by atoms with Gasteiger partial charge in [-0.2, -0.15) is 9.97 Å². The molecule has 0 aliphatic carbocycles. The van der Waals surface area contributed by atoms with Crippen molar-refractivity contribution in [3.05, 3.63) is 34.8 Å². The Labute approximate surface area is 83.0 Å². The molecule has 0 aliphatic rings. The van der Waals surface area contributed by atoms with Gasteiger partial charge in [-0.3, -0.25) is 9.97 Å². The van der Waals surface area contributed by atoms with E-state index >= 15 is 0 Å². The number of nitrogen functional groups attached to an aromatic ring is 1. The number of nitrogens with one attached hydrogen (secondary N) is 1. The fourth-order valence-electron chi connectivity index (χ4n) is 1.10. The molecule has 0 aliphatic heterocycles. The fraction of sp³-hybridized carbons (Fsp3) is 0. The molecule has 2 rings (SSSR count). The first kappa shape index (κ1) is 9.25. The van der Waals surface area contributed by atoms with Crippen LogP contribution in [0.2, 0.25) is 0 Å². The van der Waals surface area contributed by atoms with Crippen molar-refractivity contribution in [1.29, 1.82) is 0 Å². The van der Waals surface area contributed by atoms with E-state index in [9.17, 15) is 9.18 Å². The molecule has 15 heavy (non-hydrogen) atoms. The van der Waals surface area contributed by atoms with Gasteiger partial charge in [0.2, 0.25) is 5.95 Å². The molecule has 2 aromatic heterocycles. The number of hydrogen-bond acceptors (Lipinski definition) is 5. The van der Waals surface area contributed by atoms with Crippen LogP contribution >= 0.6 is 0 Å². The third-order valence-electron chi connectivity index (χ3n) is 1.70. The number of nitrogens with two attached hydrogens (primary N) is 1. The molecule has 2 heterocycles. The van der Waals surface area contributed by atoms with Crippen molar-refractivity contribution in [2.24, 2.45) is 0 Å². The van der Waals surface area contributed by atoms with Gasteiger partial charge in [-0.1, -0.05) is 0 Å². The van der Waals surface area contributed by atoms with Crippen LogP contribution in [0.25, 0.3) is 11.4 Å². The maximum absolute atomic E-state index is 13.3. The minimum atomic E-state index is -0.672. The smallest absolute Gasteiger partial charge is 0.349 e. The van der Waals surface area contributed by atoms with Crippen molar-refractivity contribution >= 4 is 5.95 Å². The number of aromatic amines is 1. The summed E-state index contributed by atoms with van der Waals surface area (Å²) < 4.78 is 13.3. The maximum atomic E-state index is 13.3. The lowest BCUT2D eigenvalue weighted by molar-refractivity contribution is 0.623. The van der Waals surface area contributed by atoms with Crippen LogP contribution in [0.1, 0.15) is 0 Å². The molecule has 0 spiro atoms. The molecular weight excluding hydrogens is 201 g/mol. The first-order valence-corrected chi connectivity index (χ1v) is 4.00. The first-order chi connectivity index (χ1) is 7.16. The summed E-state index contributed by atoms with van der Waals surface area (Å²) in [7, 11) is 0. The Morgan fingerprint density at radius 1 is 1.40 bits per heavy atom. The van der Waals surface area contributed by atoms with Crippen LogP contribution in [-0.2, 0) is 0 Å². The summed E-state index contributed by atoms with van der Waals surface area (Å²) in [6.45, 7) is 0. The number of rotatable bonds is 1. The summed E-state index contributed by atoms with van der Waals surface area (Å²) in [5, 5.41) is 0. The number of H-pyrrole nitrogens is 1. The molecular formula is C8H6FN5O. The lowest BCUT2D eigenvalue weighted by atomic mass is 10.2.